The van der Waals surface area contributed by atoms with Gasteiger partial charge in [0.1, 0.15) is 11.6 Å². The van der Waals surface area contributed by atoms with Crippen molar-refractivity contribution < 1.29 is 18.7 Å². The van der Waals surface area contributed by atoms with E-state index in [1.165, 1.54) is 12.1 Å². The largest absolute Gasteiger partial charge is 0.481 e. The lowest BCUT2D eigenvalue weighted by Crippen LogP contribution is -2.43. The van der Waals surface area contributed by atoms with E-state index >= 15 is 0 Å². The molecule has 0 aliphatic carbocycles. The number of rotatable bonds is 7. The van der Waals surface area contributed by atoms with Gasteiger partial charge in [0.25, 0.3) is 5.91 Å². The number of hydrogen-bond donors (Lipinski definition) is 0. The quantitative estimate of drug-likeness (QED) is 0.763. The summed E-state index contributed by atoms with van der Waals surface area (Å²) < 4.78 is 24.7. The molecule has 0 bridgehead atoms. The van der Waals surface area contributed by atoms with Gasteiger partial charge in [-0.05, 0) is 43.5 Å². The topological polar surface area (TPSA) is 51.7 Å². The van der Waals surface area contributed by atoms with Gasteiger partial charge in [0.05, 0.1) is 6.10 Å². The fourth-order valence-electron chi connectivity index (χ4n) is 3.03. The molecule has 1 aromatic heterocycles. The molecule has 0 spiro atoms. The van der Waals surface area contributed by atoms with Crippen LogP contribution in [-0.4, -0.2) is 41.2 Å². The molecule has 26 heavy (non-hydrogen) atoms. The van der Waals surface area contributed by atoms with Crippen LogP contribution in [0.15, 0.2) is 48.8 Å². The number of amides is 1. The monoisotopic (exact) mass is 358 g/mol. The van der Waals surface area contributed by atoms with Gasteiger partial charge in [-0.2, -0.15) is 0 Å². The van der Waals surface area contributed by atoms with E-state index in [-0.39, 0.29) is 12.0 Å². The van der Waals surface area contributed by atoms with Crippen LogP contribution in [0.5, 0.6) is 5.75 Å². The zero-order valence-corrected chi connectivity index (χ0v) is 14.8. The molecule has 1 fully saturated rings. The maximum absolute atomic E-state index is 13.3. The molecule has 5 nitrogen and oxygen atoms in total. The third kappa shape index (κ3) is 5.02. The number of halogens is 1. The van der Waals surface area contributed by atoms with E-state index in [1.807, 2.05) is 12.1 Å². The molecule has 138 valence electrons. The van der Waals surface area contributed by atoms with Gasteiger partial charge in [-0.25, -0.2) is 4.39 Å². The van der Waals surface area contributed by atoms with Gasteiger partial charge in [0.2, 0.25) is 0 Å². The van der Waals surface area contributed by atoms with Crippen LogP contribution in [-0.2, 0) is 16.1 Å². The first kappa shape index (κ1) is 18.3. The van der Waals surface area contributed by atoms with Crippen molar-refractivity contribution in [3.05, 3.63) is 60.2 Å². The molecule has 0 unspecified atom stereocenters. The van der Waals surface area contributed by atoms with Crippen molar-refractivity contribution in [3.63, 3.8) is 0 Å². The molecule has 1 aliphatic heterocycles. The first-order valence-electron chi connectivity index (χ1n) is 8.83. The number of benzene rings is 1. The molecule has 1 saturated heterocycles. The Kier molecular flexibility index (Phi) is 6.17. The first-order valence-corrected chi connectivity index (χ1v) is 8.83. The second kappa shape index (κ2) is 8.76. The van der Waals surface area contributed by atoms with E-state index in [2.05, 4.69) is 4.98 Å². The average Bonchev–Trinajstić information content (AvgIpc) is 3.14. The standard InChI is InChI=1S/C20H23FN2O3/c1-15(26-18-7-2-6-17(21)11-18)20(24)23(14-19-8-4-10-25-19)13-16-5-3-9-22-12-16/h2-3,5-7,9,11-12,15,19H,4,8,10,13-14H2,1H3/t15-,19-/m1/s1. The summed E-state index contributed by atoms with van der Waals surface area (Å²) in [6, 6.07) is 9.58. The Morgan fingerprint density at radius 2 is 2.31 bits per heavy atom. The summed E-state index contributed by atoms with van der Waals surface area (Å²) in [6.07, 6.45) is 4.70. The molecular weight excluding hydrogens is 335 g/mol. The van der Waals surface area contributed by atoms with Crippen LogP contribution < -0.4 is 4.74 Å². The molecule has 1 amide bonds. The second-order valence-corrected chi connectivity index (χ2v) is 6.43. The Morgan fingerprint density at radius 1 is 1.42 bits per heavy atom. The Balaban J connectivity index is 1.69. The van der Waals surface area contributed by atoms with Crippen molar-refractivity contribution in [1.29, 1.82) is 0 Å². The van der Waals surface area contributed by atoms with Crippen molar-refractivity contribution in [2.45, 2.75) is 38.5 Å². The zero-order valence-electron chi connectivity index (χ0n) is 14.8. The summed E-state index contributed by atoms with van der Waals surface area (Å²) >= 11 is 0. The van der Waals surface area contributed by atoms with Crippen LogP contribution in [0, 0.1) is 5.82 Å². The van der Waals surface area contributed by atoms with Crippen LogP contribution in [0.3, 0.4) is 0 Å². The van der Waals surface area contributed by atoms with Gasteiger partial charge in [-0.15, -0.1) is 0 Å². The van der Waals surface area contributed by atoms with E-state index in [1.54, 1.807) is 36.4 Å². The van der Waals surface area contributed by atoms with Crippen molar-refractivity contribution in [2.75, 3.05) is 13.2 Å². The predicted octanol–water partition coefficient (Wildman–Crippen LogP) is 3.20. The molecule has 2 atom stereocenters. The SMILES string of the molecule is C[C@@H](Oc1cccc(F)c1)C(=O)N(Cc1cccnc1)C[C@H]1CCCO1. The van der Waals surface area contributed by atoms with Crippen molar-refractivity contribution in [3.8, 4) is 5.75 Å². The van der Waals surface area contributed by atoms with E-state index in [9.17, 15) is 9.18 Å². The van der Waals surface area contributed by atoms with Crippen LogP contribution in [0.2, 0.25) is 0 Å². The molecular formula is C20H23FN2O3. The minimum absolute atomic E-state index is 0.0389. The Labute approximate surface area is 152 Å². The number of pyridine rings is 1. The number of nitrogens with zero attached hydrogens (tertiary/aromatic N) is 2. The average molecular weight is 358 g/mol. The fourth-order valence-corrected chi connectivity index (χ4v) is 3.03. The van der Waals surface area contributed by atoms with E-state index in [0.717, 1.165) is 25.0 Å². The first-order chi connectivity index (χ1) is 12.6. The third-order valence-corrected chi connectivity index (χ3v) is 4.31. The van der Waals surface area contributed by atoms with E-state index in [4.69, 9.17) is 9.47 Å². The van der Waals surface area contributed by atoms with E-state index < -0.39 is 11.9 Å². The summed E-state index contributed by atoms with van der Waals surface area (Å²) in [5, 5.41) is 0. The summed E-state index contributed by atoms with van der Waals surface area (Å²) in [5.41, 5.74) is 0.941. The molecule has 0 N–H and O–H groups in total. The maximum Gasteiger partial charge on any atom is 0.263 e. The van der Waals surface area contributed by atoms with Gasteiger partial charge < -0.3 is 14.4 Å². The minimum Gasteiger partial charge on any atom is -0.481 e. The lowest BCUT2D eigenvalue weighted by atomic mass is 10.2. The van der Waals surface area contributed by atoms with Crippen LogP contribution in [0.25, 0.3) is 0 Å². The van der Waals surface area contributed by atoms with Gasteiger partial charge >= 0.3 is 0 Å². The van der Waals surface area contributed by atoms with Crippen LogP contribution >= 0.6 is 0 Å². The highest BCUT2D eigenvalue weighted by atomic mass is 19.1. The van der Waals surface area contributed by atoms with Crippen molar-refractivity contribution in [2.24, 2.45) is 0 Å². The molecule has 3 rings (SSSR count). The number of aromatic nitrogens is 1. The summed E-state index contributed by atoms with van der Waals surface area (Å²) in [6.45, 7) is 3.35. The molecule has 6 heteroatoms. The second-order valence-electron chi connectivity index (χ2n) is 6.43. The molecule has 1 aliphatic rings. The Bertz CT molecular complexity index is 720. The smallest absolute Gasteiger partial charge is 0.263 e. The van der Waals surface area contributed by atoms with Gasteiger partial charge in [0.15, 0.2) is 6.10 Å². The predicted molar refractivity (Wildman–Crippen MR) is 95.1 cm³/mol. The number of carbonyl (C=O) groups is 1. The van der Waals surface area contributed by atoms with Gasteiger partial charge in [0, 0.05) is 38.2 Å². The lowest BCUT2D eigenvalue weighted by molar-refractivity contribution is -0.140. The number of carbonyl (C=O) groups excluding carboxylic acids is 1. The molecule has 2 aromatic rings. The van der Waals surface area contributed by atoms with Gasteiger partial charge in [-0.1, -0.05) is 12.1 Å². The molecule has 2 heterocycles. The van der Waals surface area contributed by atoms with Crippen molar-refractivity contribution >= 4 is 5.91 Å². The van der Waals surface area contributed by atoms with Crippen molar-refractivity contribution in [1.82, 2.24) is 9.88 Å². The minimum atomic E-state index is -0.727. The highest BCUT2D eigenvalue weighted by Gasteiger charge is 2.27. The molecule has 1 aromatic carbocycles. The summed E-state index contributed by atoms with van der Waals surface area (Å²) in [7, 11) is 0. The van der Waals surface area contributed by atoms with Crippen LogP contribution in [0.1, 0.15) is 25.3 Å². The van der Waals surface area contributed by atoms with E-state index in [0.29, 0.717) is 18.8 Å². The Hall–Kier alpha value is -2.47. The fraction of sp³-hybridized carbons (Fsp3) is 0.400. The molecule has 0 saturated carbocycles. The third-order valence-electron chi connectivity index (χ3n) is 4.31. The highest BCUT2D eigenvalue weighted by Crippen LogP contribution is 2.18. The number of ether oxygens (including phenoxy) is 2. The summed E-state index contributed by atoms with van der Waals surface area (Å²) in [4.78, 5) is 18.8. The number of hydrogen-bond acceptors (Lipinski definition) is 4. The lowest BCUT2D eigenvalue weighted by Gasteiger charge is -2.28. The molecule has 0 radical (unpaired) electrons. The van der Waals surface area contributed by atoms with Crippen LogP contribution in [0.4, 0.5) is 4.39 Å². The zero-order chi connectivity index (χ0) is 18.4. The normalized spacial score (nSPS) is 17.7. The summed E-state index contributed by atoms with van der Waals surface area (Å²) in [5.74, 6) is -0.216. The van der Waals surface area contributed by atoms with Gasteiger partial charge in [-0.3, -0.25) is 9.78 Å². The maximum atomic E-state index is 13.3. The highest BCUT2D eigenvalue weighted by molar-refractivity contribution is 5.81. The Morgan fingerprint density at radius 3 is 3.00 bits per heavy atom.